The van der Waals surface area contributed by atoms with E-state index in [4.69, 9.17) is 0 Å². The Bertz CT molecular complexity index is 2830. The van der Waals surface area contributed by atoms with Crippen LogP contribution in [0.25, 0.3) is 66.4 Å². The Kier molecular flexibility index (Phi) is 8.23. The highest BCUT2D eigenvalue weighted by Gasteiger charge is 2.39. The van der Waals surface area contributed by atoms with Crippen molar-refractivity contribution in [1.29, 1.82) is 0 Å². The second-order valence-electron chi connectivity index (χ2n) is 15.3. The molecule has 0 aliphatic heterocycles. The summed E-state index contributed by atoms with van der Waals surface area (Å²) in [5.74, 6) is 0. The van der Waals surface area contributed by atoms with Crippen LogP contribution in [0.4, 0.5) is 17.1 Å². The molecule has 0 amide bonds. The lowest BCUT2D eigenvalue weighted by molar-refractivity contribution is 0.661. The van der Waals surface area contributed by atoms with Gasteiger partial charge in [-0.3, -0.25) is 0 Å². The molecular weight excluding hydrogens is 675 g/mol. The van der Waals surface area contributed by atoms with Crippen LogP contribution in [-0.2, 0) is 5.41 Å². The summed E-state index contributed by atoms with van der Waals surface area (Å²) in [5.41, 5.74) is 18.4. The van der Waals surface area contributed by atoms with Crippen LogP contribution >= 0.6 is 0 Å². The summed E-state index contributed by atoms with van der Waals surface area (Å²) in [5, 5.41) is 2.49. The third-order valence-electron chi connectivity index (χ3n) is 11.7. The molecule has 1 heteroatoms. The molecule has 0 fully saturated rings. The molecule has 1 nitrogen and oxygen atoms in total. The Hall–Kier alpha value is -6.96. The lowest BCUT2D eigenvalue weighted by atomic mass is 9.81. The van der Waals surface area contributed by atoms with E-state index in [1.165, 1.54) is 83.2 Å². The number of benzene rings is 9. The number of hydrogen-bond donors (Lipinski definition) is 0. The Balaban J connectivity index is 1.10. The van der Waals surface area contributed by atoms with Gasteiger partial charge in [0.2, 0.25) is 0 Å². The van der Waals surface area contributed by atoms with Crippen molar-refractivity contribution in [2.24, 2.45) is 0 Å². The highest BCUT2D eigenvalue weighted by molar-refractivity contribution is 6.09. The first-order valence-corrected chi connectivity index (χ1v) is 19.5. The molecule has 0 heterocycles. The lowest BCUT2D eigenvalue weighted by Crippen LogP contribution is -2.16. The van der Waals surface area contributed by atoms with Gasteiger partial charge < -0.3 is 4.90 Å². The maximum Gasteiger partial charge on any atom is 0.0621 e. The summed E-state index contributed by atoms with van der Waals surface area (Å²) in [6, 6.07) is 77.5. The summed E-state index contributed by atoms with van der Waals surface area (Å²) in [6.45, 7) is 4.74. The topological polar surface area (TPSA) is 3.24 Å². The molecule has 1 aliphatic rings. The van der Waals surface area contributed by atoms with E-state index in [9.17, 15) is 0 Å². The highest BCUT2D eigenvalue weighted by Crippen LogP contribution is 2.56. The summed E-state index contributed by atoms with van der Waals surface area (Å²) < 4.78 is 0. The molecule has 0 atom stereocenters. The largest absolute Gasteiger partial charge is 0.309 e. The maximum atomic E-state index is 2.49. The van der Waals surface area contributed by atoms with E-state index >= 15 is 0 Å². The first-order valence-electron chi connectivity index (χ1n) is 19.5. The third kappa shape index (κ3) is 5.72. The van der Waals surface area contributed by atoms with E-state index in [-0.39, 0.29) is 5.41 Å². The van der Waals surface area contributed by atoms with E-state index in [1.54, 1.807) is 0 Å². The molecule has 266 valence electrons. The average Bonchev–Trinajstić information content (AvgIpc) is 3.50. The lowest BCUT2D eigenvalue weighted by Gasteiger charge is -2.31. The molecule has 0 spiro atoms. The van der Waals surface area contributed by atoms with Gasteiger partial charge in [-0.15, -0.1) is 0 Å². The average molecular weight is 716 g/mol. The third-order valence-corrected chi connectivity index (χ3v) is 11.7. The molecule has 0 N–H and O–H groups in total. The molecule has 1 aliphatic carbocycles. The van der Waals surface area contributed by atoms with Crippen LogP contribution in [0.5, 0.6) is 0 Å². The van der Waals surface area contributed by atoms with E-state index in [0.29, 0.717) is 0 Å². The fraction of sp³-hybridized carbons (Fsp3) is 0.0545. The van der Waals surface area contributed by atoms with Gasteiger partial charge in [-0.1, -0.05) is 196 Å². The van der Waals surface area contributed by atoms with Crippen molar-refractivity contribution < 1.29 is 0 Å². The molecule has 10 rings (SSSR count). The van der Waals surface area contributed by atoms with Crippen LogP contribution in [0.3, 0.4) is 0 Å². The minimum Gasteiger partial charge on any atom is -0.309 e. The van der Waals surface area contributed by atoms with Gasteiger partial charge in [0.15, 0.2) is 0 Å². The van der Waals surface area contributed by atoms with Crippen molar-refractivity contribution in [1.82, 2.24) is 0 Å². The van der Waals surface area contributed by atoms with Crippen LogP contribution < -0.4 is 4.90 Å². The van der Waals surface area contributed by atoms with Gasteiger partial charge in [0.1, 0.15) is 0 Å². The quantitative estimate of drug-likeness (QED) is 0.159. The zero-order valence-corrected chi connectivity index (χ0v) is 31.7. The Labute approximate surface area is 329 Å². The second kappa shape index (κ2) is 13.7. The predicted octanol–water partition coefficient (Wildman–Crippen LogP) is 15.3. The van der Waals surface area contributed by atoms with Crippen molar-refractivity contribution in [2.75, 3.05) is 4.90 Å². The van der Waals surface area contributed by atoms with Gasteiger partial charge in [-0.05, 0) is 96.9 Å². The summed E-state index contributed by atoms with van der Waals surface area (Å²) in [6.07, 6.45) is 0. The van der Waals surface area contributed by atoms with Crippen molar-refractivity contribution in [3.05, 3.63) is 223 Å². The van der Waals surface area contributed by atoms with E-state index < -0.39 is 0 Å². The van der Waals surface area contributed by atoms with Crippen molar-refractivity contribution in [2.45, 2.75) is 19.3 Å². The van der Waals surface area contributed by atoms with Gasteiger partial charge in [0.05, 0.1) is 5.69 Å². The number of nitrogens with zero attached hydrogens (tertiary/aromatic N) is 1. The first-order chi connectivity index (χ1) is 27.5. The molecule has 0 radical (unpaired) electrons. The zero-order chi connectivity index (χ0) is 37.6. The molecule has 0 saturated heterocycles. The number of rotatable bonds is 7. The van der Waals surface area contributed by atoms with Gasteiger partial charge in [0.25, 0.3) is 0 Å². The molecule has 9 aromatic rings. The van der Waals surface area contributed by atoms with Crippen LogP contribution in [0.1, 0.15) is 25.0 Å². The van der Waals surface area contributed by atoms with Crippen LogP contribution in [0.15, 0.2) is 212 Å². The van der Waals surface area contributed by atoms with Crippen LogP contribution in [0.2, 0.25) is 0 Å². The Morgan fingerprint density at radius 3 is 1.34 bits per heavy atom. The van der Waals surface area contributed by atoms with Crippen LogP contribution in [-0.4, -0.2) is 0 Å². The SMILES string of the molecule is CC1(C)c2ccccc2-c2c1cc1ccccc1c2N(c1ccc(-c2ccccc2)cc1)c1ccc(-c2ccc(-c3ccccc3-c3ccccc3)cc2)cc1. The van der Waals surface area contributed by atoms with Gasteiger partial charge in [-0.25, -0.2) is 0 Å². The molecular formula is C55H41N. The second-order valence-corrected chi connectivity index (χ2v) is 15.3. The molecule has 0 unspecified atom stereocenters. The predicted molar refractivity (Wildman–Crippen MR) is 238 cm³/mol. The normalized spacial score (nSPS) is 12.6. The van der Waals surface area contributed by atoms with Gasteiger partial charge in [0, 0.05) is 27.7 Å². The van der Waals surface area contributed by atoms with E-state index in [1.807, 2.05) is 0 Å². The summed E-state index contributed by atoms with van der Waals surface area (Å²) in [7, 11) is 0. The molecule has 9 aromatic carbocycles. The fourth-order valence-electron chi connectivity index (χ4n) is 8.81. The smallest absolute Gasteiger partial charge is 0.0621 e. The number of fused-ring (bicyclic) bond motifs is 4. The molecule has 0 bridgehead atoms. The maximum absolute atomic E-state index is 2.49. The molecule has 0 saturated carbocycles. The molecule has 56 heavy (non-hydrogen) atoms. The first kappa shape index (κ1) is 33.6. The molecule has 0 aromatic heterocycles. The fourth-order valence-corrected chi connectivity index (χ4v) is 8.81. The van der Waals surface area contributed by atoms with E-state index in [2.05, 4.69) is 231 Å². The Morgan fingerprint density at radius 1 is 0.339 bits per heavy atom. The number of anilines is 3. The van der Waals surface area contributed by atoms with Crippen molar-refractivity contribution in [3.63, 3.8) is 0 Å². The highest BCUT2D eigenvalue weighted by atomic mass is 15.1. The monoisotopic (exact) mass is 715 g/mol. The summed E-state index contributed by atoms with van der Waals surface area (Å²) in [4.78, 5) is 2.49. The Morgan fingerprint density at radius 2 is 0.750 bits per heavy atom. The van der Waals surface area contributed by atoms with E-state index in [0.717, 1.165) is 11.4 Å². The standard InChI is InChI=1S/C55H41N/c1-55(2)51-24-14-13-23-50(51)53-52(55)37-44-19-9-10-22-49(44)54(53)56(45-33-29-40(30-34-45)38-15-5-3-6-16-38)46-35-31-41(32-36-46)39-25-27-43(28-26-39)48-21-12-11-20-47(48)42-17-7-4-8-18-42/h3-37H,1-2H3. The van der Waals surface area contributed by atoms with Gasteiger partial charge >= 0.3 is 0 Å². The van der Waals surface area contributed by atoms with Gasteiger partial charge in [-0.2, -0.15) is 0 Å². The minimum absolute atomic E-state index is 0.134. The van der Waals surface area contributed by atoms with Crippen LogP contribution in [0, 0.1) is 0 Å². The number of hydrogen-bond acceptors (Lipinski definition) is 1. The zero-order valence-electron chi connectivity index (χ0n) is 31.7. The van der Waals surface area contributed by atoms with Crippen molar-refractivity contribution >= 4 is 27.8 Å². The van der Waals surface area contributed by atoms with Crippen molar-refractivity contribution in [3.8, 4) is 55.6 Å². The minimum atomic E-state index is -0.134. The summed E-state index contributed by atoms with van der Waals surface area (Å²) >= 11 is 0.